The number of anilines is 1. The van der Waals surface area contributed by atoms with Crippen molar-refractivity contribution in [2.24, 2.45) is 0 Å². The fourth-order valence-electron chi connectivity index (χ4n) is 1.59. The lowest BCUT2D eigenvalue weighted by Gasteiger charge is -2.22. The third kappa shape index (κ3) is 1.81. The van der Waals surface area contributed by atoms with Crippen LogP contribution in [-0.2, 0) is 4.79 Å². The molecule has 1 heterocycles. The van der Waals surface area contributed by atoms with Crippen molar-refractivity contribution in [1.82, 2.24) is 5.43 Å². The van der Waals surface area contributed by atoms with Gasteiger partial charge in [-0.15, -0.1) is 0 Å². The molecular weight excluding hydrogens is 244 g/mol. The Balaban J connectivity index is 2.21. The van der Waals surface area contributed by atoms with Crippen LogP contribution in [0.25, 0.3) is 0 Å². The first kappa shape index (κ1) is 9.68. The molecule has 0 bridgehead atoms. The summed E-state index contributed by atoms with van der Waals surface area (Å²) in [7, 11) is 0. The summed E-state index contributed by atoms with van der Waals surface area (Å²) in [6.07, 6.45) is 1.86. The van der Waals surface area contributed by atoms with Crippen LogP contribution in [0.3, 0.4) is 0 Å². The summed E-state index contributed by atoms with van der Waals surface area (Å²) < 4.78 is 1.04. The number of nitrogens with zero attached hydrogens (tertiary/aromatic N) is 1. The molecule has 1 atom stereocenters. The number of nitrogens with one attached hydrogen (secondary N) is 1. The van der Waals surface area contributed by atoms with Crippen LogP contribution in [0, 0.1) is 0 Å². The average Bonchev–Trinajstić information content (AvgIpc) is 2.67. The Bertz CT molecular complexity index is 325. The maximum Gasteiger partial charge on any atom is 0.144 e. The summed E-state index contributed by atoms with van der Waals surface area (Å²) in [5, 5.41) is 1.92. The van der Waals surface area contributed by atoms with Crippen LogP contribution in [0.1, 0.15) is 6.42 Å². The predicted molar refractivity (Wildman–Crippen MR) is 59.1 cm³/mol. The molecule has 0 radical (unpaired) electrons. The van der Waals surface area contributed by atoms with Crippen LogP contribution in [-0.4, -0.2) is 18.9 Å². The average molecular weight is 255 g/mol. The van der Waals surface area contributed by atoms with Crippen molar-refractivity contribution in [2.75, 3.05) is 11.6 Å². The SMILES string of the molecule is O=CC1CCNN1c1ccc(Br)cc1. The lowest BCUT2D eigenvalue weighted by molar-refractivity contribution is -0.108. The highest BCUT2D eigenvalue weighted by atomic mass is 79.9. The summed E-state index contributed by atoms with van der Waals surface area (Å²) in [5.74, 6) is 0. The lowest BCUT2D eigenvalue weighted by Crippen LogP contribution is -2.37. The van der Waals surface area contributed by atoms with Crippen LogP contribution < -0.4 is 10.4 Å². The first-order chi connectivity index (χ1) is 6.81. The molecule has 1 unspecified atom stereocenters. The van der Waals surface area contributed by atoms with Crippen LogP contribution in [0.4, 0.5) is 5.69 Å². The van der Waals surface area contributed by atoms with Crippen molar-refractivity contribution < 1.29 is 4.79 Å². The third-order valence-electron chi connectivity index (χ3n) is 2.32. The molecule has 1 saturated heterocycles. The molecule has 0 aromatic heterocycles. The van der Waals surface area contributed by atoms with E-state index in [4.69, 9.17) is 0 Å². The summed E-state index contributed by atoms with van der Waals surface area (Å²) in [6.45, 7) is 0.861. The van der Waals surface area contributed by atoms with Gasteiger partial charge in [0.05, 0.1) is 5.69 Å². The third-order valence-corrected chi connectivity index (χ3v) is 2.84. The molecule has 2 rings (SSSR count). The summed E-state index contributed by atoms with van der Waals surface area (Å²) in [4.78, 5) is 10.8. The van der Waals surface area contributed by atoms with E-state index in [1.54, 1.807) is 0 Å². The molecule has 14 heavy (non-hydrogen) atoms. The predicted octanol–water partition coefficient (Wildman–Crippen LogP) is 1.73. The minimum atomic E-state index is -0.0313. The van der Waals surface area contributed by atoms with Gasteiger partial charge >= 0.3 is 0 Å². The number of carbonyl (C=O) groups excluding carboxylic acids is 1. The molecule has 1 aromatic rings. The number of carbonyl (C=O) groups is 1. The standard InChI is InChI=1S/C10H11BrN2O/c11-8-1-3-9(4-2-8)13-10(7-14)5-6-12-13/h1-4,7,10,12H,5-6H2. The first-order valence-electron chi connectivity index (χ1n) is 4.55. The Labute approximate surface area is 91.2 Å². The van der Waals surface area contributed by atoms with Crippen molar-refractivity contribution >= 4 is 27.9 Å². The largest absolute Gasteiger partial charge is 0.301 e. The Kier molecular flexibility index (Phi) is 2.84. The van der Waals surface area contributed by atoms with Gasteiger partial charge in [0.1, 0.15) is 12.3 Å². The molecule has 0 saturated carbocycles. The highest BCUT2D eigenvalue weighted by molar-refractivity contribution is 9.10. The minimum absolute atomic E-state index is 0.0313. The molecule has 1 aliphatic heterocycles. The molecule has 0 amide bonds. The van der Waals surface area contributed by atoms with Crippen molar-refractivity contribution in [3.8, 4) is 0 Å². The number of hydrogen-bond donors (Lipinski definition) is 1. The van der Waals surface area contributed by atoms with Crippen molar-refractivity contribution in [3.05, 3.63) is 28.7 Å². The number of hydrogen-bond acceptors (Lipinski definition) is 3. The maximum absolute atomic E-state index is 10.8. The molecule has 74 valence electrons. The molecule has 4 heteroatoms. The van der Waals surface area contributed by atoms with Gasteiger partial charge in [-0.2, -0.15) is 0 Å². The zero-order valence-electron chi connectivity index (χ0n) is 7.61. The highest BCUT2D eigenvalue weighted by Crippen LogP contribution is 2.21. The monoisotopic (exact) mass is 254 g/mol. The van der Waals surface area contributed by atoms with E-state index in [9.17, 15) is 4.79 Å². The van der Waals surface area contributed by atoms with Crippen molar-refractivity contribution in [3.63, 3.8) is 0 Å². The van der Waals surface area contributed by atoms with Crippen LogP contribution in [0.2, 0.25) is 0 Å². The lowest BCUT2D eigenvalue weighted by atomic mass is 10.2. The van der Waals surface area contributed by atoms with E-state index in [1.807, 2.05) is 29.3 Å². The van der Waals surface area contributed by atoms with Gasteiger partial charge in [-0.05, 0) is 30.7 Å². The van der Waals surface area contributed by atoms with Gasteiger partial charge in [-0.3, -0.25) is 5.01 Å². The molecular formula is C10H11BrN2O. The fourth-order valence-corrected chi connectivity index (χ4v) is 1.86. The van der Waals surface area contributed by atoms with E-state index in [0.717, 1.165) is 29.4 Å². The van der Waals surface area contributed by atoms with Crippen LogP contribution in [0.5, 0.6) is 0 Å². The molecule has 1 aliphatic rings. The second-order valence-corrected chi connectivity index (χ2v) is 4.16. The zero-order valence-corrected chi connectivity index (χ0v) is 9.20. The molecule has 3 nitrogen and oxygen atoms in total. The van der Waals surface area contributed by atoms with Crippen LogP contribution in [0.15, 0.2) is 28.7 Å². The topological polar surface area (TPSA) is 32.3 Å². The van der Waals surface area contributed by atoms with Gasteiger partial charge in [-0.1, -0.05) is 15.9 Å². The number of benzene rings is 1. The first-order valence-corrected chi connectivity index (χ1v) is 5.34. The maximum atomic E-state index is 10.8. The number of halogens is 1. The van der Waals surface area contributed by atoms with E-state index < -0.39 is 0 Å². The molecule has 1 N–H and O–H groups in total. The Morgan fingerprint density at radius 1 is 1.43 bits per heavy atom. The summed E-state index contributed by atoms with van der Waals surface area (Å²) in [5.41, 5.74) is 4.21. The van der Waals surface area contributed by atoms with Gasteiger partial charge in [-0.25, -0.2) is 5.43 Å². The number of rotatable bonds is 2. The van der Waals surface area contributed by atoms with E-state index in [1.165, 1.54) is 0 Å². The second-order valence-electron chi connectivity index (χ2n) is 3.25. The van der Waals surface area contributed by atoms with Crippen molar-refractivity contribution in [1.29, 1.82) is 0 Å². The molecule has 0 spiro atoms. The van der Waals surface area contributed by atoms with E-state index in [-0.39, 0.29) is 6.04 Å². The smallest absolute Gasteiger partial charge is 0.144 e. The molecule has 1 fully saturated rings. The van der Waals surface area contributed by atoms with Crippen molar-refractivity contribution in [2.45, 2.75) is 12.5 Å². The zero-order chi connectivity index (χ0) is 9.97. The van der Waals surface area contributed by atoms with E-state index in [0.29, 0.717) is 0 Å². The van der Waals surface area contributed by atoms with Gasteiger partial charge < -0.3 is 4.79 Å². The van der Waals surface area contributed by atoms with Gasteiger partial charge in [0.15, 0.2) is 0 Å². The normalized spacial score (nSPS) is 21.2. The number of aldehydes is 1. The Morgan fingerprint density at radius 3 is 2.79 bits per heavy atom. The van der Waals surface area contributed by atoms with Crippen LogP contribution >= 0.6 is 15.9 Å². The Hall–Kier alpha value is -0.870. The quantitative estimate of drug-likeness (QED) is 0.817. The fraction of sp³-hybridized carbons (Fsp3) is 0.300. The van der Waals surface area contributed by atoms with Gasteiger partial charge in [0, 0.05) is 11.0 Å². The van der Waals surface area contributed by atoms with Gasteiger partial charge in [0.25, 0.3) is 0 Å². The molecule has 0 aliphatic carbocycles. The summed E-state index contributed by atoms with van der Waals surface area (Å²) >= 11 is 3.38. The second kappa shape index (κ2) is 4.11. The Morgan fingerprint density at radius 2 is 2.14 bits per heavy atom. The highest BCUT2D eigenvalue weighted by Gasteiger charge is 2.23. The van der Waals surface area contributed by atoms with Gasteiger partial charge in [0.2, 0.25) is 0 Å². The summed E-state index contributed by atoms with van der Waals surface area (Å²) in [6, 6.07) is 7.88. The molecule has 1 aromatic carbocycles. The minimum Gasteiger partial charge on any atom is -0.301 e. The van der Waals surface area contributed by atoms with E-state index >= 15 is 0 Å². The number of hydrazine groups is 1. The van der Waals surface area contributed by atoms with E-state index in [2.05, 4.69) is 21.4 Å².